The second-order valence-corrected chi connectivity index (χ2v) is 2.68. The van der Waals surface area contributed by atoms with Crippen molar-refractivity contribution in [3.05, 3.63) is 11.6 Å². The second kappa shape index (κ2) is 3.32. The van der Waals surface area contributed by atoms with Crippen LogP contribution in [0.1, 0.15) is 25.7 Å². The Bertz CT molecular complexity index is 218. The van der Waals surface area contributed by atoms with Gasteiger partial charge < -0.3 is 5.73 Å². The molecular weight excluding hydrogens is 142 g/mol. The highest BCUT2D eigenvalue weighted by atomic mass is 16.1. The first-order valence-corrected chi connectivity index (χ1v) is 3.70. The van der Waals surface area contributed by atoms with Crippen LogP contribution in [0.4, 0.5) is 0 Å². The number of primary amides is 1. The molecular formula is C8H11NO2. The number of hydrogen-bond donors (Lipinski definition) is 1. The van der Waals surface area contributed by atoms with E-state index in [0.29, 0.717) is 6.42 Å². The smallest absolute Gasteiger partial charge is 0.221 e. The van der Waals surface area contributed by atoms with Gasteiger partial charge in [0.1, 0.15) is 0 Å². The lowest BCUT2D eigenvalue weighted by Gasteiger charge is -1.91. The van der Waals surface area contributed by atoms with Gasteiger partial charge in [-0.25, -0.2) is 0 Å². The summed E-state index contributed by atoms with van der Waals surface area (Å²) in [6, 6.07) is 0. The fourth-order valence-electron chi connectivity index (χ4n) is 1.18. The molecule has 1 fully saturated rings. The lowest BCUT2D eigenvalue weighted by molar-refractivity contribution is -0.117. The maximum atomic E-state index is 11.0. The first-order valence-electron chi connectivity index (χ1n) is 3.70. The molecule has 0 bridgehead atoms. The molecule has 0 unspecified atom stereocenters. The number of carbonyl (C=O) groups excluding carboxylic acids is 2. The zero-order valence-electron chi connectivity index (χ0n) is 6.30. The topological polar surface area (TPSA) is 60.2 Å². The van der Waals surface area contributed by atoms with E-state index in [0.717, 1.165) is 18.4 Å². The molecule has 0 radical (unpaired) electrons. The Hall–Kier alpha value is -1.12. The Morgan fingerprint density at radius 1 is 1.55 bits per heavy atom. The van der Waals surface area contributed by atoms with E-state index < -0.39 is 0 Å². The normalized spacial score (nSPS) is 21.1. The van der Waals surface area contributed by atoms with Crippen LogP contribution in [0, 0.1) is 0 Å². The third-order valence-electron chi connectivity index (χ3n) is 1.76. The molecule has 3 nitrogen and oxygen atoms in total. The summed E-state index contributed by atoms with van der Waals surface area (Å²) in [6.45, 7) is 0. The summed E-state index contributed by atoms with van der Waals surface area (Å²) in [5.41, 5.74) is 5.70. The molecule has 1 aliphatic rings. The van der Waals surface area contributed by atoms with Crippen molar-refractivity contribution in [3.63, 3.8) is 0 Å². The number of nitrogens with two attached hydrogens (primary N) is 1. The molecule has 0 aromatic carbocycles. The van der Waals surface area contributed by atoms with Gasteiger partial charge in [0.15, 0.2) is 5.78 Å². The van der Waals surface area contributed by atoms with Gasteiger partial charge in [-0.2, -0.15) is 0 Å². The van der Waals surface area contributed by atoms with Crippen LogP contribution < -0.4 is 5.73 Å². The van der Waals surface area contributed by atoms with E-state index in [-0.39, 0.29) is 18.1 Å². The van der Waals surface area contributed by atoms with Crippen molar-refractivity contribution >= 4 is 11.7 Å². The van der Waals surface area contributed by atoms with Gasteiger partial charge in [0.05, 0.1) is 0 Å². The summed E-state index contributed by atoms with van der Waals surface area (Å²) in [5, 5.41) is 0. The summed E-state index contributed by atoms with van der Waals surface area (Å²) < 4.78 is 0. The molecule has 11 heavy (non-hydrogen) atoms. The molecule has 1 rings (SSSR count). The van der Waals surface area contributed by atoms with Crippen LogP contribution >= 0.6 is 0 Å². The van der Waals surface area contributed by atoms with Crippen LogP contribution in [-0.4, -0.2) is 11.7 Å². The zero-order chi connectivity index (χ0) is 8.27. The quantitative estimate of drug-likeness (QED) is 0.588. The van der Waals surface area contributed by atoms with Crippen LogP contribution in [0.3, 0.4) is 0 Å². The van der Waals surface area contributed by atoms with E-state index in [1.165, 1.54) is 0 Å². The fourth-order valence-corrected chi connectivity index (χ4v) is 1.18. The second-order valence-electron chi connectivity index (χ2n) is 2.68. The largest absolute Gasteiger partial charge is 0.369 e. The Morgan fingerprint density at radius 2 is 2.27 bits per heavy atom. The van der Waals surface area contributed by atoms with Crippen molar-refractivity contribution in [2.24, 2.45) is 5.73 Å². The van der Waals surface area contributed by atoms with Gasteiger partial charge in [0.25, 0.3) is 0 Å². The maximum Gasteiger partial charge on any atom is 0.221 e. The van der Waals surface area contributed by atoms with E-state index in [1.807, 2.05) is 0 Å². The van der Waals surface area contributed by atoms with Crippen molar-refractivity contribution in [2.75, 3.05) is 0 Å². The minimum atomic E-state index is -0.378. The number of ketones is 1. The number of rotatable bonds is 2. The number of allylic oxidation sites excluding steroid dienone is 1. The third-order valence-corrected chi connectivity index (χ3v) is 1.76. The molecule has 0 saturated heterocycles. The SMILES string of the molecule is NC(=O)C/C=C1\CCCC1=O. The number of carbonyl (C=O) groups is 2. The van der Waals surface area contributed by atoms with E-state index in [2.05, 4.69) is 0 Å². The lowest BCUT2D eigenvalue weighted by Crippen LogP contribution is -2.09. The highest BCUT2D eigenvalue weighted by Gasteiger charge is 2.15. The first-order chi connectivity index (χ1) is 5.20. The van der Waals surface area contributed by atoms with Crippen LogP contribution in [0.2, 0.25) is 0 Å². The Balaban J connectivity index is 2.52. The maximum absolute atomic E-state index is 11.0. The number of Topliss-reactive ketones (excluding diaryl/α,β-unsaturated/α-hetero) is 1. The minimum absolute atomic E-state index is 0.172. The first kappa shape index (κ1) is 7.98. The zero-order valence-corrected chi connectivity index (χ0v) is 6.30. The molecule has 60 valence electrons. The van der Waals surface area contributed by atoms with Gasteiger partial charge >= 0.3 is 0 Å². The van der Waals surface area contributed by atoms with Crippen LogP contribution in [0.15, 0.2) is 11.6 Å². The summed E-state index contributed by atoms with van der Waals surface area (Å²) in [6.07, 6.45) is 4.21. The molecule has 1 amide bonds. The molecule has 2 N–H and O–H groups in total. The van der Waals surface area contributed by atoms with Gasteiger partial charge in [-0.15, -0.1) is 0 Å². The molecule has 0 atom stereocenters. The monoisotopic (exact) mass is 153 g/mol. The van der Waals surface area contributed by atoms with E-state index in [1.54, 1.807) is 6.08 Å². The fraction of sp³-hybridized carbons (Fsp3) is 0.500. The average molecular weight is 153 g/mol. The summed E-state index contributed by atoms with van der Waals surface area (Å²) in [7, 11) is 0. The molecule has 0 spiro atoms. The minimum Gasteiger partial charge on any atom is -0.369 e. The molecule has 0 aromatic heterocycles. The van der Waals surface area contributed by atoms with Crippen molar-refractivity contribution in [3.8, 4) is 0 Å². The van der Waals surface area contributed by atoms with Crippen molar-refractivity contribution in [2.45, 2.75) is 25.7 Å². The summed E-state index contributed by atoms with van der Waals surface area (Å²) in [4.78, 5) is 21.3. The third kappa shape index (κ3) is 2.18. The van der Waals surface area contributed by atoms with Crippen molar-refractivity contribution in [1.82, 2.24) is 0 Å². The highest BCUT2D eigenvalue weighted by molar-refractivity contribution is 5.97. The Morgan fingerprint density at radius 3 is 2.73 bits per heavy atom. The van der Waals surface area contributed by atoms with E-state index in [9.17, 15) is 9.59 Å². The van der Waals surface area contributed by atoms with Crippen LogP contribution in [0.5, 0.6) is 0 Å². The number of amides is 1. The predicted molar refractivity (Wildman–Crippen MR) is 40.8 cm³/mol. The lowest BCUT2D eigenvalue weighted by atomic mass is 10.2. The number of hydrogen-bond acceptors (Lipinski definition) is 2. The molecule has 1 saturated carbocycles. The van der Waals surface area contributed by atoms with Gasteiger partial charge in [-0.3, -0.25) is 9.59 Å². The molecule has 0 heterocycles. The van der Waals surface area contributed by atoms with Gasteiger partial charge in [-0.1, -0.05) is 6.08 Å². The van der Waals surface area contributed by atoms with E-state index >= 15 is 0 Å². The molecule has 1 aliphatic carbocycles. The van der Waals surface area contributed by atoms with Gasteiger partial charge in [0.2, 0.25) is 5.91 Å². The van der Waals surface area contributed by atoms with Crippen molar-refractivity contribution in [1.29, 1.82) is 0 Å². The molecule has 0 aliphatic heterocycles. The molecule has 3 heteroatoms. The summed E-state index contributed by atoms with van der Waals surface area (Å²) in [5.74, 6) is -0.205. The van der Waals surface area contributed by atoms with Gasteiger partial charge in [0, 0.05) is 12.8 Å². The predicted octanol–water partition coefficient (Wildman–Crippen LogP) is 0.541. The Labute approximate surface area is 65.3 Å². The standard InChI is InChI=1S/C8H11NO2/c9-8(11)5-4-6-2-1-3-7(6)10/h4H,1-3,5H2,(H2,9,11)/b6-4+. The van der Waals surface area contributed by atoms with Crippen LogP contribution in [-0.2, 0) is 9.59 Å². The van der Waals surface area contributed by atoms with Gasteiger partial charge in [-0.05, 0) is 18.4 Å². The molecule has 0 aromatic rings. The van der Waals surface area contributed by atoms with Crippen molar-refractivity contribution < 1.29 is 9.59 Å². The summed E-state index contributed by atoms with van der Waals surface area (Å²) >= 11 is 0. The Kier molecular flexibility index (Phi) is 2.41. The van der Waals surface area contributed by atoms with E-state index in [4.69, 9.17) is 5.73 Å². The highest BCUT2D eigenvalue weighted by Crippen LogP contribution is 2.20. The van der Waals surface area contributed by atoms with Crippen LogP contribution in [0.25, 0.3) is 0 Å². The average Bonchev–Trinajstić information content (AvgIpc) is 2.31.